The Morgan fingerprint density at radius 1 is 1.53 bits per heavy atom. The van der Waals surface area contributed by atoms with Crippen molar-refractivity contribution < 1.29 is 15.2 Å². The molecule has 1 aromatic rings. The summed E-state index contributed by atoms with van der Waals surface area (Å²) < 4.78 is 5.18. The number of phenolic OH excluding ortho intramolecular Hbond substituents is 1. The van der Waals surface area contributed by atoms with Crippen molar-refractivity contribution in [2.45, 2.75) is 31.8 Å². The fraction of sp³-hybridized carbons (Fsp3) is 0.538. The quantitative estimate of drug-likeness (QED) is 0.682. The fourth-order valence-corrected chi connectivity index (χ4v) is 2.55. The molecule has 0 amide bonds. The second-order valence-electron chi connectivity index (χ2n) is 5.00. The molecule has 1 aromatic carbocycles. The van der Waals surface area contributed by atoms with Gasteiger partial charge in [0.25, 0.3) is 0 Å². The molecule has 4 nitrogen and oxygen atoms in total. The van der Waals surface area contributed by atoms with Gasteiger partial charge in [-0.25, -0.2) is 0 Å². The third kappa shape index (κ3) is 1.87. The predicted octanol–water partition coefficient (Wildman–Crippen LogP) is 0.0827. The minimum Gasteiger partial charge on any atom is -0.504 e. The van der Waals surface area contributed by atoms with Crippen molar-refractivity contribution in [3.8, 4) is 11.5 Å². The van der Waals surface area contributed by atoms with E-state index in [-0.39, 0.29) is 17.3 Å². The summed E-state index contributed by atoms with van der Waals surface area (Å²) in [5, 5.41) is 12.1. The molecule has 2 rings (SSSR count). The molecule has 5 N–H and O–H groups in total. The summed E-state index contributed by atoms with van der Waals surface area (Å²) in [6.45, 7) is 5.16. The number of methoxy groups -OCH3 is 1. The molecule has 0 spiro atoms. The zero-order valence-electron chi connectivity index (χ0n) is 10.7. The number of hydrogen-bond acceptors (Lipinski definition) is 3. The average Bonchev–Trinajstić information content (AvgIpc) is 2.28. The Labute approximate surface area is 102 Å². The number of benzene rings is 1. The lowest BCUT2D eigenvalue weighted by molar-refractivity contribution is -0.738. The Bertz CT molecular complexity index is 432. The SMILES string of the molecule is COc1cc2c(cc1O)CC[NH2+]C2(C)C(C)N. The van der Waals surface area contributed by atoms with Crippen molar-refractivity contribution in [3.63, 3.8) is 0 Å². The standard InChI is InChI=1S/C13H20N2O2/c1-8(14)13(2)10-7-12(17-3)11(16)6-9(10)4-5-15-13/h6-8,15-16H,4-5,14H2,1-3H3/p+1. The summed E-state index contributed by atoms with van der Waals surface area (Å²) in [7, 11) is 1.57. The number of phenols is 1. The van der Waals surface area contributed by atoms with Crippen LogP contribution in [-0.2, 0) is 12.0 Å². The van der Waals surface area contributed by atoms with E-state index in [9.17, 15) is 5.11 Å². The smallest absolute Gasteiger partial charge is 0.161 e. The van der Waals surface area contributed by atoms with E-state index < -0.39 is 0 Å². The van der Waals surface area contributed by atoms with E-state index in [4.69, 9.17) is 10.5 Å². The van der Waals surface area contributed by atoms with Crippen LogP contribution in [0.1, 0.15) is 25.0 Å². The summed E-state index contributed by atoms with van der Waals surface area (Å²) in [5.41, 5.74) is 8.31. The summed E-state index contributed by atoms with van der Waals surface area (Å²) in [6.07, 6.45) is 0.954. The molecule has 2 unspecified atom stereocenters. The lowest BCUT2D eigenvalue weighted by Gasteiger charge is -2.37. The van der Waals surface area contributed by atoms with Crippen LogP contribution in [0.25, 0.3) is 0 Å². The van der Waals surface area contributed by atoms with Gasteiger partial charge in [0.2, 0.25) is 0 Å². The van der Waals surface area contributed by atoms with Crippen molar-refractivity contribution in [1.29, 1.82) is 0 Å². The first-order valence-electron chi connectivity index (χ1n) is 5.99. The van der Waals surface area contributed by atoms with Gasteiger partial charge in [-0.15, -0.1) is 0 Å². The maximum Gasteiger partial charge on any atom is 0.161 e. The van der Waals surface area contributed by atoms with Crippen molar-refractivity contribution in [1.82, 2.24) is 0 Å². The lowest BCUT2D eigenvalue weighted by atomic mass is 9.79. The fourth-order valence-electron chi connectivity index (χ4n) is 2.55. The second kappa shape index (κ2) is 4.20. The van der Waals surface area contributed by atoms with Gasteiger partial charge in [-0.05, 0) is 31.5 Å². The Morgan fingerprint density at radius 3 is 2.82 bits per heavy atom. The van der Waals surface area contributed by atoms with Gasteiger partial charge in [0.15, 0.2) is 11.5 Å². The molecule has 1 aliphatic rings. The zero-order chi connectivity index (χ0) is 12.6. The van der Waals surface area contributed by atoms with Gasteiger partial charge in [0.05, 0.1) is 19.7 Å². The predicted molar refractivity (Wildman–Crippen MR) is 66.2 cm³/mol. The van der Waals surface area contributed by atoms with Crippen LogP contribution in [0.2, 0.25) is 0 Å². The van der Waals surface area contributed by atoms with Crippen LogP contribution >= 0.6 is 0 Å². The van der Waals surface area contributed by atoms with Gasteiger partial charge in [-0.1, -0.05) is 0 Å². The molecule has 1 heterocycles. The van der Waals surface area contributed by atoms with Gasteiger partial charge < -0.3 is 20.9 Å². The molecular formula is C13H21N2O2+. The van der Waals surface area contributed by atoms with E-state index in [2.05, 4.69) is 12.2 Å². The molecular weight excluding hydrogens is 216 g/mol. The van der Waals surface area contributed by atoms with Crippen molar-refractivity contribution in [3.05, 3.63) is 23.3 Å². The monoisotopic (exact) mass is 237 g/mol. The second-order valence-corrected chi connectivity index (χ2v) is 5.00. The van der Waals surface area contributed by atoms with Gasteiger partial charge in [0, 0.05) is 12.0 Å². The molecule has 0 saturated carbocycles. The Kier molecular flexibility index (Phi) is 3.02. The summed E-state index contributed by atoms with van der Waals surface area (Å²) in [5.74, 6) is 0.728. The summed E-state index contributed by atoms with van der Waals surface area (Å²) in [4.78, 5) is 0. The first kappa shape index (κ1) is 12.2. The van der Waals surface area contributed by atoms with E-state index in [0.29, 0.717) is 5.75 Å². The first-order valence-corrected chi connectivity index (χ1v) is 5.99. The van der Waals surface area contributed by atoms with Crippen LogP contribution in [0, 0.1) is 0 Å². The third-order valence-corrected chi connectivity index (χ3v) is 3.91. The van der Waals surface area contributed by atoms with Gasteiger partial charge in [-0.3, -0.25) is 0 Å². The van der Waals surface area contributed by atoms with Crippen LogP contribution in [0.5, 0.6) is 11.5 Å². The molecule has 4 heteroatoms. The third-order valence-electron chi connectivity index (χ3n) is 3.91. The highest BCUT2D eigenvalue weighted by atomic mass is 16.5. The van der Waals surface area contributed by atoms with Crippen molar-refractivity contribution in [2.24, 2.45) is 5.73 Å². The maximum absolute atomic E-state index is 9.81. The molecule has 0 bridgehead atoms. The van der Waals surface area contributed by atoms with Crippen LogP contribution < -0.4 is 15.8 Å². The largest absolute Gasteiger partial charge is 0.504 e. The highest BCUT2D eigenvalue weighted by Gasteiger charge is 2.39. The molecule has 0 aliphatic carbocycles. The molecule has 17 heavy (non-hydrogen) atoms. The minimum atomic E-state index is -0.144. The molecule has 0 fully saturated rings. The van der Waals surface area contributed by atoms with Crippen LogP contribution in [0.3, 0.4) is 0 Å². The van der Waals surface area contributed by atoms with E-state index >= 15 is 0 Å². The number of nitrogens with two attached hydrogens (primary N) is 2. The van der Waals surface area contributed by atoms with E-state index in [1.165, 1.54) is 11.1 Å². The maximum atomic E-state index is 9.81. The highest BCUT2D eigenvalue weighted by molar-refractivity contribution is 5.49. The van der Waals surface area contributed by atoms with E-state index in [1.807, 2.05) is 19.1 Å². The highest BCUT2D eigenvalue weighted by Crippen LogP contribution is 2.35. The van der Waals surface area contributed by atoms with Crippen molar-refractivity contribution >= 4 is 0 Å². The number of ether oxygens (including phenoxy) is 1. The topological polar surface area (TPSA) is 72.1 Å². The van der Waals surface area contributed by atoms with E-state index in [1.54, 1.807) is 7.11 Å². The molecule has 94 valence electrons. The summed E-state index contributed by atoms with van der Waals surface area (Å²) >= 11 is 0. The molecule has 0 saturated heterocycles. The number of hydrogen-bond donors (Lipinski definition) is 3. The van der Waals surface area contributed by atoms with Gasteiger partial charge in [-0.2, -0.15) is 0 Å². The first-order chi connectivity index (χ1) is 7.99. The average molecular weight is 237 g/mol. The van der Waals surface area contributed by atoms with Gasteiger partial charge in [0.1, 0.15) is 5.54 Å². The lowest BCUT2D eigenvalue weighted by Crippen LogP contribution is -2.98. The molecule has 1 aliphatic heterocycles. The zero-order valence-corrected chi connectivity index (χ0v) is 10.7. The van der Waals surface area contributed by atoms with Crippen LogP contribution in [0.15, 0.2) is 12.1 Å². The Balaban J connectivity index is 2.57. The van der Waals surface area contributed by atoms with E-state index in [0.717, 1.165) is 13.0 Å². The van der Waals surface area contributed by atoms with Crippen LogP contribution in [0.4, 0.5) is 0 Å². The normalized spacial score (nSPS) is 25.2. The Hall–Kier alpha value is -1.26. The van der Waals surface area contributed by atoms with Gasteiger partial charge >= 0.3 is 0 Å². The molecule has 2 atom stereocenters. The Morgan fingerprint density at radius 2 is 2.24 bits per heavy atom. The number of aromatic hydroxyl groups is 1. The number of quaternary nitrogens is 1. The summed E-state index contributed by atoms with van der Waals surface area (Å²) in [6, 6.07) is 3.77. The number of fused-ring (bicyclic) bond motifs is 1. The van der Waals surface area contributed by atoms with Crippen LogP contribution in [-0.4, -0.2) is 24.8 Å². The molecule has 0 aromatic heterocycles. The molecule has 0 radical (unpaired) electrons. The number of rotatable bonds is 2. The van der Waals surface area contributed by atoms with Crippen molar-refractivity contribution in [2.75, 3.05) is 13.7 Å². The minimum absolute atomic E-state index is 0.0378.